The van der Waals surface area contributed by atoms with Crippen LogP contribution in [0.25, 0.3) is 10.2 Å². The number of fused-ring (bicyclic) bond motifs is 1. The van der Waals surface area contributed by atoms with Gasteiger partial charge in [0, 0.05) is 12.7 Å². The summed E-state index contributed by atoms with van der Waals surface area (Å²) in [5.74, 6) is -0.409. The Morgan fingerprint density at radius 2 is 2.37 bits per heavy atom. The summed E-state index contributed by atoms with van der Waals surface area (Å²) < 4.78 is 6.70. The largest absolute Gasteiger partial charge is 0.367 e. The quantitative estimate of drug-likeness (QED) is 0.900. The molecule has 0 aliphatic carbocycles. The van der Waals surface area contributed by atoms with Crippen molar-refractivity contribution in [3.05, 3.63) is 23.7 Å². The fourth-order valence-corrected chi connectivity index (χ4v) is 3.31. The Balaban J connectivity index is 1.96. The topological polar surface area (TPSA) is 68.5 Å². The summed E-state index contributed by atoms with van der Waals surface area (Å²) in [4.78, 5) is 17.8. The molecule has 6 heteroatoms. The number of nitrogens with zero attached hydrogens (tertiary/aromatic N) is 2. The lowest BCUT2D eigenvalue weighted by Crippen LogP contribution is -2.51. The third-order valence-electron chi connectivity index (χ3n) is 3.24. The van der Waals surface area contributed by atoms with Crippen molar-refractivity contribution in [1.29, 1.82) is 0 Å². The zero-order chi connectivity index (χ0) is 13.4. The summed E-state index contributed by atoms with van der Waals surface area (Å²) in [5, 5.41) is 2.02. The van der Waals surface area contributed by atoms with Gasteiger partial charge in [-0.25, -0.2) is 0 Å². The lowest BCUT2D eigenvalue weighted by Gasteiger charge is -2.37. The highest BCUT2D eigenvalue weighted by atomic mass is 32.1. The highest BCUT2D eigenvalue weighted by molar-refractivity contribution is 7.17. The summed E-state index contributed by atoms with van der Waals surface area (Å²) in [6.45, 7) is 3.20. The summed E-state index contributed by atoms with van der Waals surface area (Å²) in [6, 6.07) is 3.98. The Labute approximate surface area is 115 Å². The number of amides is 1. The van der Waals surface area contributed by atoms with Crippen LogP contribution in [0.4, 0.5) is 5.69 Å². The molecule has 19 heavy (non-hydrogen) atoms. The Morgan fingerprint density at radius 1 is 1.53 bits per heavy atom. The number of thiophene rings is 1. The van der Waals surface area contributed by atoms with E-state index >= 15 is 0 Å². The fraction of sp³-hybridized carbons (Fsp3) is 0.385. The van der Waals surface area contributed by atoms with Gasteiger partial charge in [0.25, 0.3) is 0 Å². The summed E-state index contributed by atoms with van der Waals surface area (Å²) in [6.07, 6.45) is 1.23. The van der Waals surface area contributed by atoms with Crippen LogP contribution in [-0.2, 0) is 9.53 Å². The van der Waals surface area contributed by atoms with Crippen LogP contribution in [0.2, 0.25) is 0 Å². The SMILES string of the molecule is C[C@@H]1CN(c2ccnc3ccsc23)CC(C(N)=O)O1. The van der Waals surface area contributed by atoms with Crippen molar-refractivity contribution in [2.24, 2.45) is 5.73 Å². The number of carbonyl (C=O) groups excluding carboxylic acids is 1. The number of primary amides is 1. The van der Waals surface area contributed by atoms with Gasteiger partial charge < -0.3 is 15.4 Å². The van der Waals surface area contributed by atoms with Crippen molar-refractivity contribution < 1.29 is 9.53 Å². The maximum atomic E-state index is 11.4. The van der Waals surface area contributed by atoms with Crippen LogP contribution in [0, 0.1) is 0 Å². The third kappa shape index (κ3) is 2.29. The summed E-state index contributed by atoms with van der Waals surface area (Å²) in [5.41, 5.74) is 7.44. The third-order valence-corrected chi connectivity index (χ3v) is 4.17. The number of morpholine rings is 1. The summed E-state index contributed by atoms with van der Waals surface area (Å²) >= 11 is 1.66. The van der Waals surface area contributed by atoms with Gasteiger partial charge in [-0.05, 0) is 24.4 Å². The zero-order valence-electron chi connectivity index (χ0n) is 10.6. The molecule has 1 amide bonds. The highest BCUT2D eigenvalue weighted by Crippen LogP contribution is 2.31. The molecule has 1 saturated heterocycles. The van der Waals surface area contributed by atoms with E-state index in [1.165, 1.54) is 0 Å². The smallest absolute Gasteiger partial charge is 0.248 e. The molecule has 2 aromatic heterocycles. The minimum Gasteiger partial charge on any atom is -0.367 e. The molecule has 2 N–H and O–H groups in total. The predicted molar refractivity (Wildman–Crippen MR) is 75.4 cm³/mol. The lowest BCUT2D eigenvalue weighted by molar-refractivity contribution is -0.133. The van der Waals surface area contributed by atoms with E-state index in [-0.39, 0.29) is 6.10 Å². The molecule has 1 unspecified atom stereocenters. The normalized spacial score (nSPS) is 23.7. The van der Waals surface area contributed by atoms with Crippen LogP contribution in [0.15, 0.2) is 23.7 Å². The molecule has 1 aliphatic rings. The second-order valence-electron chi connectivity index (χ2n) is 4.71. The second kappa shape index (κ2) is 4.79. The number of hydrogen-bond donors (Lipinski definition) is 1. The van der Waals surface area contributed by atoms with E-state index in [9.17, 15) is 4.79 Å². The van der Waals surface area contributed by atoms with Gasteiger partial charge in [-0.15, -0.1) is 11.3 Å². The van der Waals surface area contributed by atoms with Crippen LogP contribution in [0.5, 0.6) is 0 Å². The van der Waals surface area contributed by atoms with Crippen molar-refractivity contribution in [3.63, 3.8) is 0 Å². The molecule has 2 aromatic rings. The first-order valence-corrected chi connectivity index (χ1v) is 7.05. The van der Waals surface area contributed by atoms with Gasteiger partial charge in [0.05, 0.1) is 28.6 Å². The van der Waals surface area contributed by atoms with Crippen molar-refractivity contribution in [2.45, 2.75) is 19.1 Å². The average Bonchev–Trinajstić information content (AvgIpc) is 2.85. The number of anilines is 1. The van der Waals surface area contributed by atoms with Crippen LogP contribution < -0.4 is 10.6 Å². The van der Waals surface area contributed by atoms with Crippen LogP contribution in [0.3, 0.4) is 0 Å². The van der Waals surface area contributed by atoms with E-state index in [2.05, 4.69) is 9.88 Å². The first kappa shape index (κ1) is 12.4. The summed E-state index contributed by atoms with van der Waals surface area (Å²) in [7, 11) is 0. The Morgan fingerprint density at radius 3 is 3.16 bits per heavy atom. The molecule has 0 saturated carbocycles. The van der Waals surface area contributed by atoms with E-state index in [0.717, 1.165) is 22.4 Å². The highest BCUT2D eigenvalue weighted by Gasteiger charge is 2.29. The standard InChI is InChI=1S/C13H15N3O2S/c1-8-6-16(7-11(18-8)13(14)17)10-2-4-15-9-3-5-19-12(9)10/h2-5,8,11H,6-7H2,1H3,(H2,14,17)/t8-,11?/m1/s1. The molecule has 100 valence electrons. The molecule has 0 radical (unpaired) electrons. The van der Waals surface area contributed by atoms with Crippen LogP contribution in [0.1, 0.15) is 6.92 Å². The number of ether oxygens (including phenoxy) is 1. The van der Waals surface area contributed by atoms with E-state index in [1.54, 1.807) is 17.5 Å². The van der Waals surface area contributed by atoms with Gasteiger partial charge in [-0.2, -0.15) is 0 Å². The van der Waals surface area contributed by atoms with Gasteiger partial charge in [-0.1, -0.05) is 0 Å². The molecule has 3 heterocycles. The average molecular weight is 277 g/mol. The van der Waals surface area contributed by atoms with Crippen LogP contribution in [-0.4, -0.2) is 36.2 Å². The van der Waals surface area contributed by atoms with Crippen molar-refractivity contribution >= 4 is 33.1 Å². The molecule has 0 spiro atoms. The maximum absolute atomic E-state index is 11.4. The molecule has 3 rings (SSSR count). The first-order valence-electron chi connectivity index (χ1n) is 6.17. The van der Waals surface area contributed by atoms with E-state index in [0.29, 0.717) is 6.54 Å². The number of carbonyl (C=O) groups is 1. The Hall–Kier alpha value is -1.66. The first-order chi connectivity index (χ1) is 9.15. The Bertz CT molecular complexity index is 613. The minimum atomic E-state index is -0.549. The zero-order valence-corrected chi connectivity index (χ0v) is 11.4. The van der Waals surface area contributed by atoms with Gasteiger partial charge in [0.2, 0.25) is 5.91 Å². The minimum absolute atomic E-state index is 0.0190. The van der Waals surface area contributed by atoms with E-state index in [1.807, 2.05) is 24.4 Å². The maximum Gasteiger partial charge on any atom is 0.248 e. The molecule has 1 aliphatic heterocycles. The Kier molecular flexibility index (Phi) is 3.12. The molecular formula is C13H15N3O2S. The van der Waals surface area contributed by atoms with E-state index in [4.69, 9.17) is 10.5 Å². The van der Waals surface area contributed by atoms with Gasteiger partial charge >= 0.3 is 0 Å². The van der Waals surface area contributed by atoms with Gasteiger partial charge in [-0.3, -0.25) is 9.78 Å². The number of nitrogens with two attached hydrogens (primary N) is 1. The monoisotopic (exact) mass is 277 g/mol. The predicted octanol–water partition coefficient (Wildman–Crippen LogP) is 1.38. The second-order valence-corrected chi connectivity index (χ2v) is 5.62. The molecule has 0 aromatic carbocycles. The number of aromatic nitrogens is 1. The van der Waals surface area contributed by atoms with Crippen molar-refractivity contribution in [2.75, 3.05) is 18.0 Å². The lowest BCUT2D eigenvalue weighted by atomic mass is 10.2. The number of rotatable bonds is 2. The van der Waals surface area contributed by atoms with Crippen molar-refractivity contribution in [3.8, 4) is 0 Å². The van der Waals surface area contributed by atoms with Gasteiger partial charge in [0.1, 0.15) is 0 Å². The number of pyridine rings is 1. The molecular weight excluding hydrogens is 262 g/mol. The molecule has 0 bridgehead atoms. The molecule has 2 atom stereocenters. The van der Waals surface area contributed by atoms with Crippen molar-refractivity contribution in [1.82, 2.24) is 4.98 Å². The van der Waals surface area contributed by atoms with E-state index < -0.39 is 12.0 Å². The molecule has 1 fully saturated rings. The van der Waals surface area contributed by atoms with Gasteiger partial charge in [0.15, 0.2) is 6.10 Å². The molecule has 5 nitrogen and oxygen atoms in total. The van der Waals surface area contributed by atoms with Crippen LogP contribution >= 0.6 is 11.3 Å². The fourth-order valence-electron chi connectivity index (χ4n) is 2.41. The number of hydrogen-bond acceptors (Lipinski definition) is 5.